The number of nitrogens with zero attached hydrogens (tertiary/aromatic N) is 1. The molecule has 0 unspecified atom stereocenters. The van der Waals surface area contributed by atoms with Crippen LogP contribution in [0.5, 0.6) is 0 Å². The van der Waals surface area contributed by atoms with Gasteiger partial charge in [0.1, 0.15) is 6.04 Å². The molecule has 1 atom stereocenters. The number of hydrogen-bond acceptors (Lipinski definition) is 3. The average molecular weight is 339 g/mol. The maximum absolute atomic E-state index is 12.6. The van der Waals surface area contributed by atoms with Gasteiger partial charge >= 0.3 is 0 Å². The smallest absolute Gasteiger partial charge is 0.252 e. The fourth-order valence-electron chi connectivity index (χ4n) is 2.81. The standard InChI is InChI=1S/C20H25N3O2/c1-2-3-4-5-6-7-12-18(19(21)24)23-20(25)16-13-14-22-17-11-9-8-10-15(16)17/h2,8-11,13-14,18H,1,3-7,12H2,(H2,21,24)(H,23,25)/t18-/m1/s1. The van der Waals surface area contributed by atoms with Gasteiger partial charge < -0.3 is 11.1 Å². The van der Waals surface area contributed by atoms with Crippen LogP contribution in [0.2, 0.25) is 0 Å². The van der Waals surface area contributed by atoms with Gasteiger partial charge in [-0.2, -0.15) is 0 Å². The Labute approximate surface area is 148 Å². The van der Waals surface area contributed by atoms with Gasteiger partial charge in [-0.25, -0.2) is 0 Å². The summed E-state index contributed by atoms with van der Waals surface area (Å²) < 4.78 is 0. The molecule has 2 aromatic rings. The summed E-state index contributed by atoms with van der Waals surface area (Å²) in [7, 11) is 0. The quantitative estimate of drug-likeness (QED) is 0.514. The van der Waals surface area contributed by atoms with Crippen molar-refractivity contribution < 1.29 is 9.59 Å². The van der Waals surface area contributed by atoms with E-state index >= 15 is 0 Å². The first-order valence-electron chi connectivity index (χ1n) is 8.68. The number of nitrogens with two attached hydrogens (primary N) is 1. The number of carbonyl (C=O) groups is 2. The zero-order valence-electron chi connectivity index (χ0n) is 14.4. The second-order valence-electron chi connectivity index (χ2n) is 6.08. The van der Waals surface area contributed by atoms with Gasteiger partial charge in [0.2, 0.25) is 5.91 Å². The van der Waals surface area contributed by atoms with E-state index < -0.39 is 11.9 Å². The van der Waals surface area contributed by atoms with Crippen molar-refractivity contribution in [2.75, 3.05) is 0 Å². The van der Waals surface area contributed by atoms with E-state index in [1.54, 1.807) is 12.3 Å². The minimum Gasteiger partial charge on any atom is -0.368 e. The molecule has 1 aromatic carbocycles. The van der Waals surface area contributed by atoms with Gasteiger partial charge in [-0.3, -0.25) is 14.6 Å². The van der Waals surface area contributed by atoms with E-state index in [0.29, 0.717) is 12.0 Å². The number of primary amides is 1. The zero-order chi connectivity index (χ0) is 18.1. The third-order valence-electron chi connectivity index (χ3n) is 4.19. The van der Waals surface area contributed by atoms with Gasteiger partial charge in [-0.1, -0.05) is 43.5 Å². The van der Waals surface area contributed by atoms with E-state index in [-0.39, 0.29) is 5.91 Å². The first-order valence-corrected chi connectivity index (χ1v) is 8.68. The van der Waals surface area contributed by atoms with Crippen molar-refractivity contribution in [3.05, 3.63) is 54.7 Å². The van der Waals surface area contributed by atoms with Crippen molar-refractivity contribution in [3.63, 3.8) is 0 Å². The summed E-state index contributed by atoms with van der Waals surface area (Å²) in [5.74, 6) is -0.799. The minimum atomic E-state index is -0.654. The number of carbonyl (C=O) groups excluding carboxylic acids is 2. The Bertz CT molecular complexity index is 737. The molecule has 5 nitrogen and oxygen atoms in total. The predicted molar refractivity (Wildman–Crippen MR) is 100 cm³/mol. The molecule has 0 spiro atoms. The number of para-hydroxylation sites is 1. The summed E-state index contributed by atoms with van der Waals surface area (Å²) in [6, 6.07) is 8.42. The summed E-state index contributed by atoms with van der Waals surface area (Å²) in [5.41, 5.74) is 6.71. The van der Waals surface area contributed by atoms with Crippen LogP contribution in [-0.4, -0.2) is 22.8 Å². The molecule has 1 aromatic heterocycles. The lowest BCUT2D eigenvalue weighted by atomic mass is 10.0. The normalized spacial score (nSPS) is 11.8. The van der Waals surface area contributed by atoms with Crippen LogP contribution in [0.15, 0.2) is 49.2 Å². The molecule has 0 saturated heterocycles. The molecule has 0 saturated carbocycles. The highest BCUT2D eigenvalue weighted by Gasteiger charge is 2.19. The molecule has 2 amide bonds. The fourth-order valence-corrected chi connectivity index (χ4v) is 2.81. The van der Waals surface area contributed by atoms with E-state index in [4.69, 9.17) is 5.73 Å². The Morgan fingerprint density at radius 3 is 2.68 bits per heavy atom. The first-order chi connectivity index (χ1) is 12.1. The molecule has 5 heteroatoms. The Hall–Kier alpha value is -2.69. The van der Waals surface area contributed by atoms with Crippen molar-refractivity contribution in [3.8, 4) is 0 Å². The van der Waals surface area contributed by atoms with Gasteiger partial charge in [-0.05, 0) is 31.4 Å². The molecule has 0 radical (unpaired) electrons. The molecular formula is C20H25N3O2. The summed E-state index contributed by atoms with van der Waals surface area (Å²) >= 11 is 0. The Balaban J connectivity index is 1.97. The van der Waals surface area contributed by atoms with Crippen LogP contribution < -0.4 is 11.1 Å². The minimum absolute atomic E-state index is 0.297. The fraction of sp³-hybridized carbons (Fsp3) is 0.350. The highest BCUT2D eigenvalue weighted by atomic mass is 16.2. The van der Waals surface area contributed by atoms with Crippen LogP contribution in [0.1, 0.15) is 48.9 Å². The average Bonchev–Trinajstić information content (AvgIpc) is 2.62. The maximum atomic E-state index is 12.6. The van der Waals surface area contributed by atoms with Gasteiger partial charge in [-0.15, -0.1) is 6.58 Å². The van der Waals surface area contributed by atoms with E-state index in [1.807, 2.05) is 30.3 Å². The molecule has 1 heterocycles. The van der Waals surface area contributed by atoms with Crippen molar-refractivity contribution in [2.24, 2.45) is 5.73 Å². The number of nitrogens with one attached hydrogen (secondary N) is 1. The summed E-state index contributed by atoms with van der Waals surface area (Å²) in [4.78, 5) is 28.5. The number of unbranched alkanes of at least 4 members (excludes halogenated alkanes) is 4. The highest BCUT2D eigenvalue weighted by molar-refractivity contribution is 6.07. The van der Waals surface area contributed by atoms with Crippen LogP contribution in [0.4, 0.5) is 0 Å². The number of rotatable bonds is 10. The number of allylic oxidation sites excluding steroid dienone is 1. The van der Waals surface area contributed by atoms with Gasteiger partial charge in [0, 0.05) is 11.6 Å². The SMILES string of the molecule is C=CCCCCCC[C@@H](NC(=O)c1ccnc2ccccc12)C(N)=O. The van der Waals surface area contributed by atoms with E-state index in [2.05, 4.69) is 16.9 Å². The summed E-state index contributed by atoms with van der Waals surface area (Å²) in [6.45, 7) is 3.70. The highest BCUT2D eigenvalue weighted by Crippen LogP contribution is 2.16. The topological polar surface area (TPSA) is 85.1 Å². The van der Waals surface area contributed by atoms with Crippen LogP contribution in [0.25, 0.3) is 10.9 Å². The molecule has 0 bridgehead atoms. The molecule has 0 fully saturated rings. The Morgan fingerprint density at radius 2 is 1.92 bits per heavy atom. The number of benzene rings is 1. The molecule has 0 aliphatic heterocycles. The lowest BCUT2D eigenvalue weighted by Crippen LogP contribution is -2.44. The molecular weight excluding hydrogens is 314 g/mol. The molecule has 2 rings (SSSR count). The lowest BCUT2D eigenvalue weighted by Gasteiger charge is -2.16. The predicted octanol–water partition coefficient (Wildman–Crippen LogP) is 3.35. The van der Waals surface area contributed by atoms with Crippen molar-refractivity contribution >= 4 is 22.7 Å². The number of pyridine rings is 1. The third-order valence-corrected chi connectivity index (χ3v) is 4.19. The van der Waals surface area contributed by atoms with Crippen molar-refractivity contribution in [2.45, 2.75) is 44.6 Å². The van der Waals surface area contributed by atoms with Gasteiger partial charge in [0.25, 0.3) is 5.91 Å². The van der Waals surface area contributed by atoms with Crippen LogP contribution >= 0.6 is 0 Å². The monoisotopic (exact) mass is 339 g/mol. The van der Waals surface area contributed by atoms with Crippen molar-refractivity contribution in [1.82, 2.24) is 10.3 Å². The molecule has 25 heavy (non-hydrogen) atoms. The third kappa shape index (κ3) is 5.41. The van der Waals surface area contributed by atoms with Gasteiger partial charge in [0.05, 0.1) is 11.1 Å². The molecule has 3 N–H and O–H groups in total. The number of hydrogen-bond donors (Lipinski definition) is 2. The zero-order valence-corrected chi connectivity index (χ0v) is 14.4. The Morgan fingerprint density at radius 1 is 1.16 bits per heavy atom. The number of amides is 2. The Kier molecular flexibility index (Phi) is 7.14. The van der Waals surface area contributed by atoms with Crippen molar-refractivity contribution in [1.29, 1.82) is 0 Å². The number of fused-ring (bicyclic) bond motifs is 1. The van der Waals surface area contributed by atoms with Crippen LogP contribution in [0.3, 0.4) is 0 Å². The second kappa shape index (κ2) is 9.57. The molecule has 132 valence electrons. The van der Waals surface area contributed by atoms with Gasteiger partial charge in [0.15, 0.2) is 0 Å². The summed E-state index contributed by atoms with van der Waals surface area (Å²) in [5, 5.41) is 3.53. The van der Waals surface area contributed by atoms with E-state index in [0.717, 1.165) is 43.0 Å². The molecule has 0 aliphatic carbocycles. The largest absolute Gasteiger partial charge is 0.368 e. The van der Waals surface area contributed by atoms with Crippen LogP contribution in [-0.2, 0) is 4.79 Å². The first kappa shape index (κ1) is 18.6. The second-order valence-corrected chi connectivity index (χ2v) is 6.08. The summed E-state index contributed by atoms with van der Waals surface area (Å²) in [6.07, 6.45) is 9.10. The van der Waals surface area contributed by atoms with E-state index in [9.17, 15) is 9.59 Å². The lowest BCUT2D eigenvalue weighted by molar-refractivity contribution is -0.120. The van der Waals surface area contributed by atoms with Crippen LogP contribution in [0, 0.1) is 0 Å². The number of aromatic nitrogens is 1. The maximum Gasteiger partial charge on any atom is 0.252 e. The van der Waals surface area contributed by atoms with E-state index in [1.165, 1.54) is 0 Å². The molecule has 0 aliphatic rings.